The first-order chi connectivity index (χ1) is 8.49. The van der Waals surface area contributed by atoms with Crippen LogP contribution in [0.1, 0.15) is 19.8 Å². The van der Waals surface area contributed by atoms with Gasteiger partial charge in [0.25, 0.3) is 5.56 Å². The lowest BCUT2D eigenvalue weighted by Crippen LogP contribution is -2.37. The molecule has 7 heteroatoms. The van der Waals surface area contributed by atoms with Crippen molar-refractivity contribution in [1.82, 2.24) is 18.7 Å². The first kappa shape index (κ1) is 12.4. The van der Waals surface area contributed by atoms with E-state index in [1.807, 2.05) is 0 Å². The molecule has 98 valence electrons. The lowest BCUT2D eigenvalue weighted by atomic mass is 10.3. The van der Waals surface area contributed by atoms with Crippen molar-refractivity contribution >= 4 is 17.1 Å². The van der Waals surface area contributed by atoms with E-state index in [0.29, 0.717) is 17.7 Å². The quantitative estimate of drug-likeness (QED) is 0.819. The van der Waals surface area contributed by atoms with Gasteiger partial charge in [-0.3, -0.25) is 13.9 Å². The molecule has 0 saturated heterocycles. The summed E-state index contributed by atoms with van der Waals surface area (Å²) < 4.78 is 4.10. The van der Waals surface area contributed by atoms with Gasteiger partial charge in [0.15, 0.2) is 11.2 Å². The zero-order valence-corrected chi connectivity index (χ0v) is 10.8. The van der Waals surface area contributed by atoms with Crippen LogP contribution in [-0.2, 0) is 20.6 Å². The van der Waals surface area contributed by atoms with Gasteiger partial charge in [-0.2, -0.15) is 4.98 Å². The maximum Gasteiger partial charge on any atom is 0.332 e. The topological polar surface area (TPSA) is 87.8 Å². The highest BCUT2D eigenvalue weighted by Gasteiger charge is 2.16. The van der Waals surface area contributed by atoms with Crippen LogP contribution in [0, 0.1) is 0 Å². The Morgan fingerprint density at radius 1 is 1.22 bits per heavy atom. The number of nitrogen functional groups attached to an aromatic ring is 1. The normalized spacial score (nSPS) is 11.3. The van der Waals surface area contributed by atoms with Gasteiger partial charge in [0, 0.05) is 20.6 Å². The van der Waals surface area contributed by atoms with E-state index in [1.54, 1.807) is 11.6 Å². The average Bonchev–Trinajstić information content (AvgIpc) is 2.68. The molecular formula is C11H17N5O2. The number of nitrogens with zero attached hydrogens (tertiary/aromatic N) is 4. The summed E-state index contributed by atoms with van der Waals surface area (Å²) in [6.07, 6.45) is 1.90. The minimum atomic E-state index is -0.396. The van der Waals surface area contributed by atoms with Gasteiger partial charge < -0.3 is 10.3 Å². The van der Waals surface area contributed by atoms with Gasteiger partial charge in [-0.05, 0) is 6.42 Å². The monoisotopic (exact) mass is 251 g/mol. The van der Waals surface area contributed by atoms with Gasteiger partial charge in [-0.25, -0.2) is 4.79 Å². The Morgan fingerprint density at radius 3 is 2.50 bits per heavy atom. The largest absolute Gasteiger partial charge is 0.369 e. The van der Waals surface area contributed by atoms with Crippen molar-refractivity contribution in [3.63, 3.8) is 0 Å². The predicted octanol–water partition coefficient (Wildman–Crippen LogP) is -0.184. The zero-order valence-electron chi connectivity index (χ0n) is 10.8. The van der Waals surface area contributed by atoms with Crippen LogP contribution in [0.5, 0.6) is 0 Å². The van der Waals surface area contributed by atoms with E-state index >= 15 is 0 Å². The second-order valence-electron chi connectivity index (χ2n) is 4.35. The molecule has 2 aromatic heterocycles. The maximum absolute atomic E-state index is 12.1. The van der Waals surface area contributed by atoms with E-state index in [-0.39, 0.29) is 11.5 Å². The summed E-state index contributed by atoms with van der Waals surface area (Å²) >= 11 is 0. The van der Waals surface area contributed by atoms with Gasteiger partial charge in [-0.1, -0.05) is 13.3 Å². The fourth-order valence-corrected chi connectivity index (χ4v) is 2.01. The summed E-state index contributed by atoms with van der Waals surface area (Å²) in [5.41, 5.74) is 5.81. The Balaban J connectivity index is 2.86. The summed E-state index contributed by atoms with van der Waals surface area (Å²) in [7, 11) is 3.04. The Kier molecular flexibility index (Phi) is 2.98. The van der Waals surface area contributed by atoms with Crippen molar-refractivity contribution in [2.45, 2.75) is 26.3 Å². The van der Waals surface area contributed by atoms with Crippen LogP contribution >= 0.6 is 0 Å². The number of imidazole rings is 1. The molecule has 2 N–H and O–H groups in total. The molecule has 2 heterocycles. The van der Waals surface area contributed by atoms with Gasteiger partial charge in [0.1, 0.15) is 0 Å². The Bertz CT molecular complexity index is 707. The van der Waals surface area contributed by atoms with Crippen LogP contribution in [0.15, 0.2) is 9.59 Å². The molecule has 0 atom stereocenters. The fraction of sp³-hybridized carbons (Fsp3) is 0.545. The van der Waals surface area contributed by atoms with E-state index in [2.05, 4.69) is 11.9 Å². The summed E-state index contributed by atoms with van der Waals surface area (Å²) in [6.45, 7) is 2.69. The molecule has 7 nitrogen and oxygen atoms in total. The van der Waals surface area contributed by atoms with Crippen molar-refractivity contribution in [3.8, 4) is 0 Å². The molecule has 2 rings (SSSR count). The third-order valence-electron chi connectivity index (χ3n) is 3.11. The smallest absolute Gasteiger partial charge is 0.332 e. The van der Waals surface area contributed by atoms with Crippen molar-refractivity contribution in [2.24, 2.45) is 14.1 Å². The van der Waals surface area contributed by atoms with Crippen LogP contribution < -0.4 is 17.0 Å². The maximum atomic E-state index is 12.1. The predicted molar refractivity (Wildman–Crippen MR) is 69.5 cm³/mol. The molecule has 0 aliphatic carbocycles. The van der Waals surface area contributed by atoms with Crippen molar-refractivity contribution in [2.75, 3.05) is 5.73 Å². The molecule has 0 fully saturated rings. The van der Waals surface area contributed by atoms with E-state index in [0.717, 1.165) is 17.4 Å². The van der Waals surface area contributed by atoms with E-state index in [1.165, 1.54) is 11.6 Å². The summed E-state index contributed by atoms with van der Waals surface area (Å²) in [5.74, 6) is 0.275. The number of anilines is 1. The minimum Gasteiger partial charge on any atom is -0.369 e. The number of unbranched alkanes of at least 4 members (excludes halogenated alkanes) is 1. The first-order valence-electron chi connectivity index (χ1n) is 5.90. The van der Waals surface area contributed by atoms with E-state index in [4.69, 9.17) is 5.73 Å². The molecule has 0 spiro atoms. The standard InChI is InChI=1S/C11H17N5O2/c1-4-5-6-16-7-8(13-10(16)12)14(2)11(18)15(3)9(7)17/h4-6H2,1-3H3,(H2,12,13). The molecule has 0 saturated carbocycles. The van der Waals surface area contributed by atoms with Crippen LogP contribution in [0.2, 0.25) is 0 Å². The number of hydrogen-bond donors (Lipinski definition) is 1. The third kappa shape index (κ3) is 1.62. The Morgan fingerprint density at radius 2 is 1.89 bits per heavy atom. The zero-order chi connectivity index (χ0) is 13.4. The third-order valence-corrected chi connectivity index (χ3v) is 3.11. The summed E-state index contributed by atoms with van der Waals surface area (Å²) in [6, 6.07) is 0. The Labute approximate surface area is 103 Å². The van der Waals surface area contributed by atoms with Gasteiger partial charge >= 0.3 is 5.69 Å². The SMILES string of the molecule is CCCCn1c(N)nc2c1c(=O)n(C)c(=O)n2C. The lowest BCUT2D eigenvalue weighted by Gasteiger charge is -2.06. The highest BCUT2D eigenvalue weighted by atomic mass is 16.2. The minimum absolute atomic E-state index is 0.275. The summed E-state index contributed by atoms with van der Waals surface area (Å²) in [5, 5.41) is 0. The molecule has 0 aliphatic rings. The number of nitrogens with two attached hydrogens (primary N) is 1. The second-order valence-corrected chi connectivity index (χ2v) is 4.35. The molecule has 0 aromatic carbocycles. The molecule has 0 radical (unpaired) electrons. The Hall–Kier alpha value is -2.05. The number of fused-ring (bicyclic) bond motifs is 1. The number of aryl methyl sites for hydroxylation is 2. The van der Waals surface area contributed by atoms with Crippen molar-refractivity contribution in [1.29, 1.82) is 0 Å². The average molecular weight is 251 g/mol. The number of aromatic nitrogens is 4. The molecule has 0 bridgehead atoms. The van der Waals surface area contributed by atoms with E-state index < -0.39 is 5.69 Å². The molecule has 18 heavy (non-hydrogen) atoms. The van der Waals surface area contributed by atoms with Crippen LogP contribution in [-0.4, -0.2) is 18.7 Å². The highest BCUT2D eigenvalue weighted by molar-refractivity contribution is 5.73. The molecule has 2 aromatic rings. The molecule has 0 aliphatic heterocycles. The summed E-state index contributed by atoms with van der Waals surface area (Å²) in [4.78, 5) is 28.0. The van der Waals surface area contributed by atoms with Crippen molar-refractivity contribution in [3.05, 3.63) is 20.8 Å². The molecule has 0 unspecified atom stereocenters. The van der Waals surface area contributed by atoms with Gasteiger partial charge in [-0.15, -0.1) is 0 Å². The van der Waals surface area contributed by atoms with Crippen LogP contribution in [0.25, 0.3) is 11.2 Å². The fourth-order valence-electron chi connectivity index (χ4n) is 2.01. The van der Waals surface area contributed by atoms with Gasteiger partial charge in [0.05, 0.1) is 0 Å². The lowest BCUT2D eigenvalue weighted by molar-refractivity contribution is 0.644. The van der Waals surface area contributed by atoms with Crippen molar-refractivity contribution < 1.29 is 0 Å². The van der Waals surface area contributed by atoms with Crippen LogP contribution in [0.3, 0.4) is 0 Å². The molecular weight excluding hydrogens is 234 g/mol. The number of hydrogen-bond acceptors (Lipinski definition) is 4. The first-order valence-corrected chi connectivity index (χ1v) is 5.90. The van der Waals surface area contributed by atoms with Crippen LogP contribution in [0.4, 0.5) is 5.95 Å². The van der Waals surface area contributed by atoms with Gasteiger partial charge in [0.2, 0.25) is 5.95 Å². The van der Waals surface area contributed by atoms with E-state index in [9.17, 15) is 9.59 Å². The second kappa shape index (κ2) is 4.32. The highest BCUT2D eigenvalue weighted by Crippen LogP contribution is 2.13. The number of rotatable bonds is 3. The molecule has 0 amide bonds.